The zero-order valence-corrected chi connectivity index (χ0v) is 17.0. The lowest BCUT2D eigenvalue weighted by Gasteiger charge is -2.56. The molecule has 28 heavy (non-hydrogen) atoms. The number of hydrogen-bond acceptors (Lipinski definition) is 8. The topological polar surface area (TPSA) is 84.8 Å². The largest absolute Gasteiger partial charge is 0.387 e. The fourth-order valence-corrected chi connectivity index (χ4v) is 3.55. The van der Waals surface area contributed by atoms with Crippen LogP contribution >= 0.6 is 0 Å². The maximum Gasteiger partial charge on any atom is 0.220 e. The van der Waals surface area contributed by atoms with Crippen LogP contribution in [0.25, 0.3) is 0 Å². The van der Waals surface area contributed by atoms with E-state index in [1.807, 2.05) is 30.3 Å². The van der Waals surface area contributed by atoms with Crippen molar-refractivity contribution in [2.24, 2.45) is 0 Å². The molecule has 0 aliphatic carbocycles. The molecule has 2 saturated heterocycles. The smallest absolute Gasteiger partial charge is 0.220 e. The van der Waals surface area contributed by atoms with E-state index in [1.54, 1.807) is 13.8 Å². The molecular formula is C20H30O8. The van der Waals surface area contributed by atoms with Gasteiger partial charge in [-0.3, -0.25) is 0 Å². The quantitative estimate of drug-likeness (QED) is 0.739. The predicted molar refractivity (Wildman–Crippen MR) is 98.3 cm³/mol. The van der Waals surface area contributed by atoms with Gasteiger partial charge in [0.05, 0.1) is 13.2 Å². The Kier molecular flexibility index (Phi) is 6.73. The van der Waals surface area contributed by atoms with Crippen molar-refractivity contribution in [3.63, 3.8) is 0 Å². The average Bonchev–Trinajstić information content (AvgIpc) is 2.72. The normalized spacial score (nSPS) is 40.9. The molecule has 0 amide bonds. The van der Waals surface area contributed by atoms with E-state index in [-0.39, 0.29) is 6.61 Å². The maximum atomic E-state index is 10.9. The van der Waals surface area contributed by atoms with E-state index < -0.39 is 42.3 Å². The Bertz CT molecular complexity index is 628. The van der Waals surface area contributed by atoms with Crippen LogP contribution in [0, 0.1) is 0 Å². The average molecular weight is 398 g/mol. The number of ether oxygens (including phenoxy) is 7. The van der Waals surface area contributed by atoms with Crippen molar-refractivity contribution in [1.82, 2.24) is 0 Å². The Morgan fingerprint density at radius 1 is 0.964 bits per heavy atom. The standard InChI is InChI=1S/C20H30O8/c1-19(23-4)20(2,24-5)28-17-16(27-19)15(21)14(26-18(17)22-3)12-25-11-13-9-7-6-8-10-13/h6-10,14-18,21H,11-12H2,1-5H3/t14-,15-,16+,17-,18+,19-,20-/m1/s1. The third-order valence-electron chi connectivity index (χ3n) is 5.57. The Balaban J connectivity index is 1.71. The molecule has 2 fully saturated rings. The molecule has 0 radical (unpaired) electrons. The van der Waals surface area contributed by atoms with E-state index in [0.29, 0.717) is 6.61 Å². The van der Waals surface area contributed by atoms with Crippen molar-refractivity contribution in [1.29, 1.82) is 0 Å². The number of benzene rings is 1. The number of hydrogen-bond donors (Lipinski definition) is 1. The number of methoxy groups -OCH3 is 3. The molecular weight excluding hydrogens is 368 g/mol. The second-order valence-electron chi connectivity index (χ2n) is 7.23. The van der Waals surface area contributed by atoms with Crippen molar-refractivity contribution in [2.75, 3.05) is 27.9 Å². The first-order valence-electron chi connectivity index (χ1n) is 9.31. The van der Waals surface area contributed by atoms with E-state index in [4.69, 9.17) is 33.2 Å². The maximum absolute atomic E-state index is 10.9. The second-order valence-corrected chi connectivity index (χ2v) is 7.23. The molecule has 1 N–H and O–H groups in total. The van der Waals surface area contributed by atoms with Crippen LogP contribution in [0.5, 0.6) is 0 Å². The molecule has 8 nitrogen and oxygen atoms in total. The van der Waals surface area contributed by atoms with Crippen molar-refractivity contribution in [3.05, 3.63) is 35.9 Å². The summed E-state index contributed by atoms with van der Waals surface area (Å²) in [5, 5.41) is 10.9. The van der Waals surface area contributed by atoms with E-state index >= 15 is 0 Å². The van der Waals surface area contributed by atoms with Crippen molar-refractivity contribution in [3.8, 4) is 0 Å². The molecule has 0 unspecified atom stereocenters. The number of aliphatic hydroxyl groups is 1. The van der Waals surface area contributed by atoms with Gasteiger partial charge in [-0.05, 0) is 19.4 Å². The first kappa shape index (κ1) is 21.6. The van der Waals surface area contributed by atoms with Crippen LogP contribution in [-0.2, 0) is 39.8 Å². The van der Waals surface area contributed by atoms with Gasteiger partial charge in [-0.15, -0.1) is 0 Å². The highest BCUT2D eigenvalue weighted by atomic mass is 16.8. The molecule has 3 rings (SSSR count). The van der Waals surface area contributed by atoms with Gasteiger partial charge in [0.2, 0.25) is 11.6 Å². The van der Waals surface area contributed by atoms with Crippen LogP contribution in [0.4, 0.5) is 0 Å². The van der Waals surface area contributed by atoms with Crippen molar-refractivity contribution in [2.45, 2.75) is 62.7 Å². The van der Waals surface area contributed by atoms with Crippen LogP contribution in [0.1, 0.15) is 19.4 Å². The Morgan fingerprint density at radius 2 is 1.57 bits per heavy atom. The van der Waals surface area contributed by atoms with Crippen LogP contribution in [0.2, 0.25) is 0 Å². The molecule has 2 aliphatic rings. The summed E-state index contributed by atoms with van der Waals surface area (Å²) in [5.41, 5.74) is 1.04. The highest BCUT2D eigenvalue weighted by Crippen LogP contribution is 2.43. The third kappa shape index (κ3) is 3.96. The summed E-state index contributed by atoms with van der Waals surface area (Å²) in [4.78, 5) is 0. The van der Waals surface area contributed by atoms with Gasteiger partial charge in [0.15, 0.2) is 6.29 Å². The summed E-state index contributed by atoms with van der Waals surface area (Å²) in [6.07, 6.45) is -3.83. The lowest BCUT2D eigenvalue weighted by molar-refractivity contribution is -0.483. The number of rotatable bonds is 7. The van der Waals surface area contributed by atoms with Gasteiger partial charge in [0.25, 0.3) is 0 Å². The minimum atomic E-state index is -1.23. The molecule has 1 aromatic carbocycles. The molecule has 158 valence electrons. The zero-order valence-electron chi connectivity index (χ0n) is 17.0. The minimum absolute atomic E-state index is 0.174. The number of fused-ring (bicyclic) bond motifs is 1. The van der Waals surface area contributed by atoms with Crippen molar-refractivity contribution < 1.29 is 38.3 Å². The van der Waals surface area contributed by atoms with Crippen LogP contribution in [0.15, 0.2) is 30.3 Å². The van der Waals surface area contributed by atoms with Crippen LogP contribution in [-0.4, -0.2) is 75.3 Å². The summed E-state index contributed by atoms with van der Waals surface area (Å²) in [5.74, 6) is -2.44. The summed E-state index contributed by atoms with van der Waals surface area (Å²) in [7, 11) is 4.52. The summed E-state index contributed by atoms with van der Waals surface area (Å²) in [6.45, 7) is 4.00. The Labute approximate surface area is 165 Å². The van der Waals surface area contributed by atoms with Crippen molar-refractivity contribution >= 4 is 0 Å². The second kappa shape index (κ2) is 8.73. The predicted octanol–water partition coefficient (Wildman–Crippen LogP) is 1.44. The molecule has 2 aliphatic heterocycles. The molecule has 8 heteroatoms. The summed E-state index contributed by atoms with van der Waals surface area (Å²) in [6, 6.07) is 9.78. The summed E-state index contributed by atoms with van der Waals surface area (Å²) < 4.78 is 40.4. The summed E-state index contributed by atoms with van der Waals surface area (Å²) >= 11 is 0. The molecule has 7 atom stereocenters. The molecule has 1 aromatic rings. The number of aliphatic hydroxyl groups excluding tert-OH is 1. The lowest BCUT2D eigenvalue weighted by Crippen LogP contribution is -2.73. The van der Waals surface area contributed by atoms with Gasteiger partial charge in [0.1, 0.15) is 24.4 Å². The van der Waals surface area contributed by atoms with E-state index in [1.165, 1.54) is 21.3 Å². The highest BCUT2D eigenvalue weighted by molar-refractivity contribution is 5.13. The highest BCUT2D eigenvalue weighted by Gasteiger charge is 2.62. The molecule has 0 bridgehead atoms. The SMILES string of the molecule is CO[C@H]1O[C@H](COCc2ccccc2)[C@@H](O)[C@@H]2O[C@@](C)(OC)[C@](C)(OC)O[C@@H]12. The molecule has 0 spiro atoms. The first-order chi connectivity index (χ1) is 13.4. The molecule has 2 heterocycles. The monoisotopic (exact) mass is 398 g/mol. The molecule has 0 aromatic heterocycles. The van der Waals surface area contributed by atoms with E-state index in [0.717, 1.165) is 5.56 Å². The third-order valence-corrected chi connectivity index (χ3v) is 5.57. The first-order valence-corrected chi connectivity index (χ1v) is 9.31. The van der Waals surface area contributed by atoms with Crippen LogP contribution < -0.4 is 0 Å². The van der Waals surface area contributed by atoms with Crippen LogP contribution in [0.3, 0.4) is 0 Å². The fourth-order valence-electron chi connectivity index (χ4n) is 3.55. The lowest BCUT2D eigenvalue weighted by atomic mass is 9.94. The van der Waals surface area contributed by atoms with Gasteiger partial charge in [-0.1, -0.05) is 30.3 Å². The zero-order chi connectivity index (χ0) is 20.4. The minimum Gasteiger partial charge on any atom is -0.387 e. The van der Waals surface area contributed by atoms with E-state index in [9.17, 15) is 5.11 Å². The Hall–Kier alpha value is -1.10. The Morgan fingerprint density at radius 3 is 2.14 bits per heavy atom. The van der Waals surface area contributed by atoms with Gasteiger partial charge < -0.3 is 38.3 Å². The van der Waals surface area contributed by atoms with Gasteiger partial charge in [0, 0.05) is 21.3 Å². The van der Waals surface area contributed by atoms with E-state index in [2.05, 4.69) is 0 Å². The molecule has 0 saturated carbocycles. The van der Waals surface area contributed by atoms with Gasteiger partial charge in [-0.25, -0.2) is 0 Å². The van der Waals surface area contributed by atoms with Gasteiger partial charge >= 0.3 is 0 Å². The van der Waals surface area contributed by atoms with Gasteiger partial charge in [-0.2, -0.15) is 0 Å². The fraction of sp³-hybridized carbons (Fsp3) is 0.700.